The van der Waals surface area contributed by atoms with Crippen LogP contribution in [0.5, 0.6) is 0 Å². The van der Waals surface area contributed by atoms with Gasteiger partial charge in [0.15, 0.2) is 0 Å². The van der Waals surface area contributed by atoms with Crippen LogP contribution in [0.2, 0.25) is 0 Å². The monoisotopic (exact) mass is 310 g/mol. The van der Waals surface area contributed by atoms with Gasteiger partial charge in [0.2, 0.25) is 0 Å². The number of nitrogens with one attached hydrogen (secondary N) is 1. The van der Waals surface area contributed by atoms with Crippen molar-refractivity contribution in [2.45, 2.75) is 13.2 Å². The van der Waals surface area contributed by atoms with E-state index in [-0.39, 0.29) is 12.5 Å². The highest BCUT2D eigenvalue weighted by Gasteiger charge is 2.16. The van der Waals surface area contributed by atoms with Gasteiger partial charge < -0.3 is 15.0 Å². The summed E-state index contributed by atoms with van der Waals surface area (Å²) in [7, 11) is 1.81. The number of aliphatic hydroxyl groups excluding tert-OH is 1. The Kier molecular flexibility index (Phi) is 4.25. The highest BCUT2D eigenvalue weighted by atomic mass is 16.3. The van der Waals surface area contributed by atoms with Crippen LogP contribution in [0.4, 0.5) is 0 Å². The molecular formula is C17H18N4O2. The van der Waals surface area contributed by atoms with Crippen LogP contribution in [0.15, 0.2) is 55.0 Å². The lowest BCUT2D eigenvalue weighted by atomic mass is 10.1. The molecule has 3 aromatic rings. The fourth-order valence-electron chi connectivity index (χ4n) is 2.41. The number of aryl methyl sites for hydroxylation is 1. The number of benzene rings is 1. The summed E-state index contributed by atoms with van der Waals surface area (Å²) in [4.78, 5) is 12.5. The zero-order valence-corrected chi connectivity index (χ0v) is 12.8. The Balaban J connectivity index is 1.74. The Morgan fingerprint density at radius 2 is 1.83 bits per heavy atom. The zero-order chi connectivity index (χ0) is 16.2. The second-order valence-corrected chi connectivity index (χ2v) is 5.25. The van der Waals surface area contributed by atoms with Crippen molar-refractivity contribution in [2.24, 2.45) is 7.05 Å². The van der Waals surface area contributed by atoms with E-state index in [1.54, 1.807) is 17.9 Å². The summed E-state index contributed by atoms with van der Waals surface area (Å²) >= 11 is 0. The molecule has 2 aromatic heterocycles. The molecule has 6 nitrogen and oxygen atoms in total. The molecule has 2 heterocycles. The molecule has 0 unspecified atom stereocenters. The normalized spacial score (nSPS) is 10.7. The summed E-state index contributed by atoms with van der Waals surface area (Å²) in [6, 6.07) is 11.3. The summed E-state index contributed by atoms with van der Waals surface area (Å²) in [5, 5.41) is 16.1. The zero-order valence-electron chi connectivity index (χ0n) is 12.8. The first-order chi connectivity index (χ1) is 11.2. The predicted molar refractivity (Wildman–Crippen MR) is 86.1 cm³/mol. The van der Waals surface area contributed by atoms with Crippen molar-refractivity contribution in [1.82, 2.24) is 19.7 Å². The van der Waals surface area contributed by atoms with Crippen LogP contribution in [0.1, 0.15) is 21.5 Å². The Labute approximate surface area is 134 Å². The average Bonchev–Trinajstić information content (AvgIpc) is 3.22. The van der Waals surface area contributed by atoms with E-state index in [2.05, 4.69) is 10.4 Å². The number of hydrogen-bond donors (Lipinski definition) is 2. The molecule has 0 radical (unpaired) electrons. The molecule has 0 bridgehead atoms. The molecule has 0 atom stereocenters. The Bertz CT molecular complexity index is 789. The minimum atomic E-state index is -0.173. The first-order valence-electron chi connectivity index (χ1n) is 7.31. The van der Waals surface area contributed by atoms with Gasteiger partial charge in [0, 0.05) is 26.0 Å². The van der Waals surface area contributed by atoms with Crippen LogP contribution in [-0.2, 0) is 20.2 Å². The van der Waals surface area contributed by atoms with E-state index < -0.39 is 0 Å². The Hall–Kier alpha value is -2.86. The molecule has 0 saturated heterocycles. The first kappa shape index (κ1) is 15.1. The first-order valence-corrected chi connectivity index (χ1v) is 7.31. The van der Waals surface area contributed by atoms with Gasteiger partial charge in [-0.05, 0) is 23.3 Å². The van der Waals surface area contributed by atoms with Gasteiger partial charge in [-0.3, -0.25) is 9.48 Å². The van der Waals surface area contributed by atoms with Crippen LogP contribution < -0.4 is 5.32 Å². The summed E-state index contributed by atoms with van der Waals surface area (Å²) in [5.74, 6) is 0.552. The number of hydrogen-bond acceptors (Lipinski definition) is 3. The van der Waals surface area contributed by atoms with Crippen LogP contribution in [0.3, 0.4) is 0 Å². The molecule has 0 aliphatic rings. The van der Waals surface area contributed by atoms with Crippen molar-refractivity contribution in [3.8, 4) is 5.82 Å². The van der Waals surface area contributed by atoms with E-state index in [0.717, 1.165) is 16.9 Å². The van der Waals surface area contributed by atoms with Crippen molar-refractivity contribution in [1.29, 1.82) is 0 Å². The molecule has 23 heavy (non-hydrogen) atoms. The molecule has 118 valence electrons. The maximum absolute atomic E-state index is 12.5. The smallest absolute Gasteiger partial charge is 0.256 e. The number of carbonyl (C=O) groups excluding carboxylic acids is 1. The number of amides is 1. The van der Waals surface area contributed by atoms with Gasteiger partial charge in [-0.1, -0.05) is 24.3 Å². The molecule has 6 heteroatoms. The number of aromatic nitrogens is 3. The molecule has 2 N–H and O–H groups in total. The van der Waals surface area contributed by atoms with E-state index in [9.17, 15) is 4.79 Å². The van der Waals surface area contributed by atoms with Crippen LogP contribution in [-0.4, -0.2) is 25.4 Å². The van der Waals surface area contributed by atoms with E-state index in [1.807, 2.05) is 53.4 Å². The largest absolute Gasteiger partial charge is 0.392 e. The lowest BCUT2D eigenvalue weighted by Crippen LogP contribution is -2.24. The van der Waals surface area contributed by atoms with Crippen molar-refractivity contribution >= 4 is 5.91 Å². The summed E-state index contributed by atoms with van der Waals surface area (Å²) in [6.45, 7) is 0.438. The minimum absolute atomic E-state index is 0.0164. The summed E-state index contributed by atoms with van der Waals surface area (Å²) in [5.41, 5.74) is 2.35. The molecule has 0 saturated carbocycles. The maximum Gasteiger partial charge on any atom is 0.256 e. The molecule has 0 fully saturated rings. The molecule has 0 spiro atoms. The summed E-state index contributed by atoms with van der Waals surface area (Å²) < 4.78 is 3.53. The summed E-state index contributed by atoms with van der Waals surface area (Å²) in [6.07, 6.45) is 5.32. The fourth-order valence-corrected chi connectivity index (χ4v) is 2.41. The number of carbonyl (C=O) groups is 1. The standard InChI is InChI=1S/C17H18N4O2/c1-20-17(21-8-2-3-9-21)15(11-19-20)16(23)18-10-13-4-6-14(12-22)7-5-13/h2-9,11,22H,10,12H2,1H3,(H,18,23). The van der Waals surface area contributed by atoms with Gasteiger partial charge in [0.25, 0.3) is 5.91 Å². The molecule has 1 aromatic carbocycles. The Morgan fingerprint density at radius 3 is 2.48 bits per heavy atom. The van der Waals surface area contributed by atoms with E-state index in [4.69, 9.17) is 5.11 Å². The second kappa shape index (κ2) is 6.50. The number of nitrogens with zero attached hydrogens (tertiary/aromatic N) is 3. The highest BCUT2D eigenvalue weighted by molar-refractivity contribution is 5.97. The van der Waals surface area contributed by atoms with Gasteiger partial charge in [-0.2, -0.15) is 5.10 Å². The molecule has 0 aliphatic heterocycles. The maximum atomic E-state index is 12.5. The van der Waals surface area contributed by atoms with Crippen LogP contribution in [0.25, 0.3) is 5.82 Å². The average molecular weight is 310 g/mol. The van der Waals surface area contributed by atoms with Crippen molar-refractivity contribution in [3.05, 3.63) is 71.7 Å². The van der Waals surface area contributed by atoms with Crippen LogP contribution in [0, 0.1) is 0 Å². The predicted octanol–water partition coefficient (Wildman–Crippen LogP) is 1.63. The third kappa shape index (κ3) is 3.17. The molecular weight excluding hydrogens is 292 g/mol. The lowest BCUT2D eigenvalue weighted by Gasteiger charge is -2.09. The fraction of sp³-hybridized carbons (Fsp3) is 0.176. The van der Waals surface area contributed by atoms with Crippen molar-refractivity contribution in [3.63, 3.8) is 0 Å². The Morgan fingerprint density at radius 1 is 1.17 bits per heavy atom. The van der Waals surface area contributed by atoms with E-state index in [0.29, 0.717) is 12.1 Å². The van der Waals surface area contributed by atoms with Gasteiger partial charge in [-0.15, -0.1) is 0 Å². The quantitative estimate of drug-likeness (QED) is 0.752. The van der Waals surface area contributed by atoms with Gasteiger partial charge in [0.05, 0.1) is 12.8 Å². The van der Waals surface area contributed by atoms with Crippen molar-refractivity contribution < 1.29 is 9.90 Å². The number of rotatable bonds is 5. The SMILES string of the molecule is Cn1ncc(C(=O)NCc2ccc(CO)cc2)c1-n1cccc1. The minimum Gasteiger partial charge on any atom is -0.392 e. The van der Waals surface area contributed by atoms with Gasteiger partial charge in [0.1, 0.15) is 11.4 Å². The second-order valence-electron chi connectivity index (χ2n) is 5.25. The van der Waals surface area contributed by atoms with Crippen molar-refractivity contribution in [2.75, 3.05) is 0 Å². The molecule has 0 aliphatic carbocycles. The third-order valence-corrected chi connectivity index (χ3v) is 3.66. The van der Waals surface area contributed by atoms with E-state index in [1.165, 1.54) is 0 Å². The number of aliphatic hydroxyl groups is 1. The third-order valence-electron chi connectivity index (χ3n) is 3.66. The van der Waals surface area contributed by atoms with Gasteiger partial charge in [-0.25, -0.2) is 0 Å². The van der Waals surface area contributed by atoms with E-state index >= 15 is 0 Å². The molecule has 3 rings (SSSR count). The molecule has 1 amide bonds. The highest BCUT2D eigenvalue weighted by Crippen LogP contribution is 2.14. The van der Waals surface area contributed by atoms with Crippen LogP contribution >= 0.6 is 0 Å². The van der Waals surface area contributed by atoms with Gasteiger partial charge >= 0.3 is 0 Å². The lowest BCUT2D eigenvalue weighted by molar-refractivity contribution is 0.0951. The topological polar surface area (TPSA) is 72.1 Å².